The van der Waals surface area contributed by atoms with Crippen LogP contribution in [0.2, 0.25) is 0 Å². The minimum atomic E-state index is -2.19. The normalized spacial score (nSPS) is 11.8. The van der Waals surface area contributed by atoms with Gasteiger partial charge in [-0.3, -0.25) is 0 Å². The molecule has 0 saturated heterocycles. The van der Waals surface area contributed by atoms with Gasteiger partial charge in [-0.05, 0) is 18.9 Å². The fourth-order valence-corrected chi connectivity index (χ4v) is 2.16. The van der Waals surface area contributed by atoms with Crippen molar-refractivity contribution in [2.24, 2.45) is 5.16 Å². The second-order valence-corrected chi connectivity index (χ2v) is 5.56. The highest BCUT2D eigenvalue weighted by molar-refractivity contribution is 5.70. The van der Waals surface area contributed by atoms with Crippen LogP contribution in [0.3, 0.4) is 0 Å². The summed E-state index contributed by atoms with van der Waals surface area (Å²) >= 11 is 0. The van der Waals surface area contributed by atoms with Crippen molar-refractivity contribution in [2.45, 2.75) is 58.5 Å². The first-order valence-corrected chi connectivity index (χ1v) is 8.31. The summed E-state index contributed by atoms with van der Waals surface area (Å²) < 4.78 is 65.6. The molecule has 0 N–H and O–H groups in total. The van der Waals surface area contributed by atoms with E-state index in [4.69, 9.17) is 0 Å². The van der Waals surface area contributed by atoms with Crippen LogP contribution in [-0.4, -0.2) is 6.21 Å². The van der Waals surface area contributed by atoms with Gasteiger partial charge in [0.2, 0.25) is 5.82 Å². The molecule has 0 aliphatic rings. The maximum atomic E-state index is 13.4. The molecule has 0 bridgehead atoms. The van der Waals surface area contributed by atoms with E-state index in [1.807, 2.05) is 6.08 Å². The van der Waals surface area contributed by atoms with Crippen molar-refractivity contribution in [1.82, 2.24) is 0 Å². The number of hydrogen-bond acceptors (Lipinski definition) is 2. The van der Waals surface area contributed by atoms with Crippen molar-refractivity contribution in [3.8, 4) is 0 Å². The second kappa shape index (κ2) is 11.6. The quantitative estimate of drug-likeness (QED) is 0.115. The van der Waals surface area contributed by atoms with Gasteiger partial charge in [-0.2, -0.15) is 0 Å². The molecule has 0 heterocycles. The van der Waals surface area contributed by atoms with Crippen LogP contribution in [0.5, 0.6) is 0 Å². The number of allylic oxidation sites excluding steroid dienone is 2. The van der Waals surface area contributed by atoms with E-state index in [1.165, 1.54) is 31.9 Å². The predicted molar refractivity (Wildman–Crippen MR) is 86.6 cm³/mol. The fraction of sp³-hybridized carbons (Fsp3) is 0.500. The third kappa shape index (κ3) is 6.84. The van der Waals surface area contributed by atoms with E-state index in [0.29, 0.717) is 0 Å². The molecular weight excluding hydrogens is 341 g/mol. The average molecular weight is 363 g/mol. The van der Waals surface area contributed by atoms with Crippen LogP contribution in [0.1, 0.15) is 57.4 Å². The van der Waals surface area contributed by atoms with E-state index in [1.54, 1.807) is 6.08 Å². The molecule has 0 saturated carbocycles. The summed E-state index contributed by atoms with van der Waals surface area (Å²) in [4.78, 5) is 4.59. The molecule has 0 atom stereocenters. The SMILES string of the molecule is CCCCCCCC/C=C/C=N/OCc1c(F)c(F)c(F)c(F)c1F. The number of hydrogen-bond donors (Lipinski definition) is 0. The highest BCUT2D eigenvalue weighted by Gasteiger charge is 2.25. The van der Waals surface area contributed by atoms with Crippen LogP contribution in [-0.2, 0) is 11.4 Å². The molecule has 0 radical (unpaired) electrons. The predicted octanol–water partition coefficient (Wildman–Crippen LogP) is 6.19. The summed E-state index contributed by atoms with van der Waals surface area (Å²) in [5, 5.41) is 3.41. The van der Waals surface area contributed by atoms with E-state index < -0.39 is 41.3 Å². The maximum Gasteiger partial charge on any atom is 0.200 e. The first-order valence-electron chi connectivity index (χ1n) is 8.31. The topological polar surface area (TPSA) is 21.6 Å². The van der Waals surface area contributed by atoms with Crippen molar-refractivity contribution in [3.63, 3.8) is 0 Å². The number of benzene rings is 1. The van der Waals surface area contributed by atoms with Gasteiger partial charge in [0, 0.05) is 0 Å². The largest absolute Gasteiger partial charge is 0.391 e. The Morgan fingerprint density at radius 2 is 1.36 bits per heavy atom. The Morgan fingerprint density at radius 3 is 2.00 bits per heavy atom. The van der Waals surface area contributed by atoms with Crippen LogP contribution >= 0.6 is 0 Å². The molecule has 0 spiro atoms. The monoisotopic (exact) mass is 363 g/mol. The molecule has 0 aliphatic heterocycles. The number of nitrogens with zero attached hydrogens (tertiary/aromatic N) is 1. The smallest absolute Gasteiger partial charge is 0.200 e. The third-order valence-corrected chi connectivity index (χ3v) is 3.59. The van der Waals surface area contributed by atoms with Gasteiger partial charge in [-0.15, -0.1) is 0 Å². The molecule has 140 valence electrons. The first-order chi connectivity index (χ1) is 12.0. The number of oxime groups is 1. The number of unbranched alkanes of at least 4 members (excludes halogenated alkanes) is 6. The van der Waals surface area contributed by atoms with Crippen molar-refractivity contribution < 1.29 is 26.8 Å². The Balaban J connectivity index is 2.34. The number of halogens is 5. The Morgan fingerprint density at radius 1 is 0.800 bits per heavy atom. The molecule has 7 heteroatoms. The molecule has 0 fully saturated rings. The molecule has 1 aromatic rings. The highest BCUT2D eigenvalue weighted by Crippen LogP contribution is 2.23. The minimum absolute atomic E-state index is 0.854. The van der Waals surface area contributed by atoms with E-state index in [9.17, 15) is 22.0 Å². The lowest BCUT2D eigenvalue weighted by atomic mass is 10.1. The van der Waals surface area contributed by atoms with E-state index in [-0.39, 0.29) is 0 Å². The van der Waals surface area contributed by atoms with Crippen LogP contribution in [0, 0.1) is 29.1 Å². The molecule has 0 unspecified atom stereocenters. The van der Waals surface area contributed by atoms with Gasteiger partial charge in [-0.1, -0.05) is 50.3 Å². The van der Waals surface area contributed by atoms with Gasteiger partial charge in [0.25, 0.3) is 0 Å². The lowest BCUT2D eigenvalue weighted by Gasteiger charge is -2.06. The summed E-state index contributed by atoms with van der Waals surface area (Å²) in [6.07, 6.45) is 12.7. The van der Waals surface area contributed by atoms with E-state index in [2.05, 4.69) is 16.9 Å². The minimum Gasteiger partial charge on any atom is -0.391 e. The van der Waals surface area contributed by atoms with Crippen LogP contribution < -0.4 is 0 Å². The fourth-order valence-electron chi connectivity index (χ4n) is 2.16. The Kier molecular flexibility index (Phi) is 9.80. The summed E-state index contributed by atoms with van der Waals surface area (Å²) in [5.41, 5.74) is -1.05. The van der Waals surface area contributed by atoms with Gasteiger partial charge in [0.1, 0.15) is 6.61 Å². The maximum absolute atomic E-state index is 13.4. The molecule has 1 rings (SSSR count). The van der Waals surface area contributed by atoms with Gasteiger partial charge >= 0.3 is 0 Å². The molecule has 0 aromatic heterocycles. The van der Waals surface area contributed by atoms with Gasteiger partial charge in [-0.25, -0.2) is 22.0 Å². The van der Waals surface area contributed by atoms with E-state index >= 15 is 0 Å². The van der Waals surface area contributed by atoms with Crippen LogP contribution in [0.25, 0.3) is 0 Å². The Hall–Kier alpha value is -1.92. The molecule has 25 heavy (non-hydrogen) atoms. The summed E-state index contributed by atoms with van der Waals surface area (Å²) in [6.45, 7) is 1.31. The van der Waals surface area contributed by atoms with Crippen molar-refractivity contribution in [1.29, 1.82) is 0 Å². The number of rotatable bonds is 11. The van der Waals surface area contributed by atoms with Crippen LogP contribution in [0.15, 0.2) is 17.3 Å². The lowest BCUT2D eigenvalue weighted by Crippen LogP contribution is -2.07. The average Bonchev–Trinajstić information content (AvgIpc) is 2.61. The Bertz CT molecular complexity index is 573. The third-order valence-electron chi connectivity index (χ3n) is 3.59. The summed E-state index contributed by atoms with van der Waals surface area (Å²) in [7, 11) is 0. The second-order valence-electron chi connectivity index (χ2n) is 5.56. The molecule has 2 nitrogen and oxygen atoms in total. The van der Waals surface area contributed by atoms with Crippen molar-refractivity contribution in [3.05, 3.63) is 46.8 Å². The van der Waals surface area contributed by atoms with Crippen LogP contribution in [0.4, 0.5) is 22.0 Å². The Labute approximate surface area is 144 Å². The summed E-state index contributed by atoms with van der Waals surface area (Å²) in [6, 6.07) is 0. The molecule has 0 aliphatic carbocycles. The zero-order valence-electron chi connectivity index (χ0n) is 14.1. The molecular formula is C18H22F5NO. The first kappa shape index (κ1) is 21.1. The van der Waals surface area contributed by atoms with Gasteiger partial charge in [0.05, 0.1) is 11.8 Å². The van der Waals surface area contributed by atoms with E-state index in [0.717, 1.165) is 19.3 Å². The molecule has 1 aromatic carbocycles. The van der Waals surface area contributed by atoms with Crippen molar-refractivity contribution in [2.75, 3.05) is 0 Å². The lowest BCUT2D eigenvalue weighted by molar-refractivity contribution is 0.124. The molecule has 0 amide bonds. The van der Waals surface area contributed by atoms with Gasteiger partial charge in [0.15, 0.2) is 23.3 Å². The van der Waals surface area contributed by atoms with Gasteiger partial charge < -0.3 is 4.84 Å². The zero-order valence-corrected chi connectivity index (χ0v) is 14.1. The standard InChI is InChI=1S/C18H22F5NO/c1-2-3-4-5-6-7-8-9-10-11-24-25-12-13-14(19)16(21)18(23)17(22)15(13)20/h9-11H,2-8,12H2,1H3/b10-9+,24-11+. The summed E-state index contributed by atoms with van der Waals surface area (Å²) in [5.74, 6) is -10.0. The van der Waals surface area contributed by atoms with Crippen molar-refractivity contribution >= 4 is 6.21 Å². The highest BCUT2D eigenvalue weighted by atomic mass is 19.2. The zero-order chi connectivity index (χ0) is 18.7.